The molecule has 5 aliphatic heterocycles. The van der Waals surface area contributed by atoms with Gasteiger partial charge in [-0.3, -0.25) is 4.90 Å². The van der Waals surface area contributed by atoms with E-state index < -0.39 is 11.8 Å². The second-order valence-electron chi connectivity index (χ2n) is 15.8. The van der Waals surface area contributed by atoms with Gasteiger partial charge in [-0.1, -0.05) is 0 Å². The number of aryl methyl sites for hydroxylation is 1. The van der Waals surface area contributed by atoms with Crippen LogP contribution in [0, 0.1) is 11.3 Å². The average molecular weight is 665 g/mol. The molecular formula is C34H45FN8O3S. The van der Waals surface area contributed by atoms with Gasteiger partial charge in [0.05, 0.1) is 16.6 Å². The minimum atomic E-state index is -0.833. The molecule has 13 heteroatoms. The Balaban J connectivity index is 1.07. The van der Waals surface area contributed by atoms with Crippen molar-refractivity contribution in [2.24, 2.45) is 0 Å². The van der Waals surface area contributed by atoms with E-state index in [1.807, 2.05) is 25.7 Å². The van der Waals surface area contributed by atoms with Crippen LogP contribution >= 0.6 is 11.3 Å². The van der Waals surface area contributed by atoms with E-state index in [-0.39, 0.29) is 22.6 Å². The van der Waals surface area contributed by atoms with Gasteiger partial charge in [0.2, 0.25) is 0 Å². The predicted molar refractivity (Wildman–Crippen MR) is 178 cm³/mol. The van der Waals surface area contributed by atoms with Gasteiger partial charge in [0, 0.05) is 62.0 Å². The number of ether oxygens (including phenoxy) is 2. The van der Waals surface area contributed by atoms with Crippen LogP contribution in [0.4, 0.5) is 25.8 Å². The zero-order chi connectivity index (χ0) is 32.8. The van der Waals surface area contributed by atoms with E-state index in [9.17, 15) is 14.4 Å². The maximum Gasteiger partial charge on any atom is 0.410 e. The molecule has 1 amide bonds. The number of halogens is 1. The van der Waals surface area contributed by atoms with E-state index >= 15 is 0 Å². The summed E-state index contributed by atoms with van der Waals surface area (Å²) in [5.74, 6) is 1.59. The maximum atomic E-state index is 14.5. The zero-order valence-electron chi connectivity index (χ0n) is 27.7. The number of nitriles is 1. The molecule has 2 N–H and O–H groups in total. The Labute approximate surface area is 279 Å². The molecular weight excluding hydrogens is 619 g/mol. The lowest BCUT2D eigenvalue weighted by Crippen LogP contribution is -2.62. The standard InChI is InChI=1S/C34H45FN8O3S/c1-31(2,3)46-30(44)40-12-9-33(20-40)10-13-43(33)26-14-25(38-29(39-26)45-21-34-8-5-11-42(34)17-22(35)15-34)41-18-32(19-41)7-4-6-24-27(32)23(16-36)28(37)47-24/h14,22H,4-13,15,17-21,37H2,1-3H3/t22-,33?,34+/m1/s1. The molecule has 0 bridgehead atoms. The first-order valence-corrected chi connectivity index (χ1v) is 18.0. The van der Waals surface area contributed by atoms with Gasteiger partial charge >= 0.3 is 12.1 Å². The van der Waals surface area contributed by atoms with Crippen LogP contribution in [0.1, 0.15) is 81.7 Å². The summed E-state index contributed by atoms with van der Waals surface area (Å²) in [4.78, 5) is 32.8. The molecule has 47 heavy (non-hydrogen) atoms. The molecule has 2 aromatic rings. The summed E-state index contributed by atoms with van der Waals surface area (Å²) in [6.45, 7) is 10.9. The molecule has 5 fully saturated rings. The van der Waals surface area contributed by atoms with Crippen molar-refractivity contribution in [2.45, 2.75) is 100 Å². The number of hydrogen-bond acceptors (Lipinski definition) is 11. The summed E-state index contributed by atoms with van der Waals surface area (Å²) in [5, 5.41) is 10.6. The summed E-state index contributed by atoms with van der Waals surface area (Å²) in [6, 6.07) is 4.76. The number of thiophene rings is 1. The van der Waals surface area contributed by atoms with Crippen molar-refractivity contribution in [1.82, 2.24) is 19.8 Å². The second-order valence-corrected chi connectivity index (χ2v) is 16.9. The van der Waals surface area contributed by atoms with Crippen molar-refractivity contribution in [3.8, 4) is 12.1 Å². The summed E-state index contributed by atoms with van der Waals surface area (Å²) >= 11 is 1.57. The monoisotopic (exact) mass is 664 g/mol. The third kappa shape index (κ3) is 5.09. The lowest BCUT2D eigenvalue weighted by atomic mass is 9.66. The van der Waals surface area contributed by atoms with Crippen LogP contribution in [0.2, 0.25) is 0 Å². The van der Waals surface area contributed by atoms with Crippen LogP contribution in [-0.2, 0) is 16.6 Å². The average Bonchev–Trinajstić information content (AvgIpc) is 3.74. The first-order chi connectivity index (χ1) is 22.4. The van der Waals surface area contributed by atoms with Crippen LogP contribution < -0.4 is 20.3 Å². The Hall–Kier alpha value is -3.37. The molecule has 2 spiro atoms. The molecule has 5 saturated heterocycles. The highest BCUT2D eigenvalue weighted by atomic mass is 32.1. The fraction of sp³-hybridized carbons (Fsp3) is 0.706. The Kier molecular flexibility index (Phi) is 7.12. The van der Waals surface area contributed by atoms with E-state index in [4.69, 9.17) is 25.2 Å². The topological polar surface area (TPSA) is 124 Å². The largest absolute Gasteiger partial charge is 0.461 e. The molecule has 252 valence electrons. The van der Waals surface area contributed by atoms with Crippen molar-refractivity contribution >= 4 is 34.1 Å². The van der Waals surface area contributed by atoms with Gasteiger partial charge in [0.1, 0.15) is 41.1 Å². The number of nitrogens with zero attached hydrogens (tertiary/aromatic N) is 7. The van der Waals surface area contributed by atoms with Gasteiger partial charge in [-0.05, 0) is 77.8 Å². The Morgan fingerprint density at radius 2 is 1.91 bits per heavy atom. The normalized spacial score (nSPS) is 29.4. The third-order valence-corrected chi connectivity index (χ3v) is 12.6. The van der Waals surface area contributed by atoms with Gasteiger partial charge in [0.25, 0.3) is 0 Å². The van der Waals surface area contributed by atoms with Crippen LogP contribution in [-0.4, -0.2) is 101 Å². The number of nitrogens with two attached hydrogens (primary N) is 1. The molecule has 8 rings (SSSR count). The van der Waals surface area contributed by atoms with E-state index in [0.29, 0.717) is 49.2 Å². The Morgan fingerprint density at radius 3 is 2.66 bits per heavy atom. The molecule has 3 atom stereocenters. The zero-order valence-corrected chi connectivity index (χ0v) is 28.5. The van der Waals surface area contributed by atoms with Gasteiger partial charge in [-0.25, -0.2) is 9.18 Å². The fourth-order valence-corrected chi connectivity index (χ4v) is 10.5. The maximum absolute atomic E-state index is 14.5. The van der Waals surface area contributed by atoms with Gasteiger partial charge in [-0.15, -0.1) is 11.3 Å². The lowest BCUT2D eigenvalue weighted by Gasteiger charge is -2.54. The first kappa shape index (κ1) is 30.9. The van der Waals surface area contributed by atoms with Gasteiger partial charge in [0.15, 0.2) is 0 Å². The quantitative estimate of drug-likeness (QED) is 0.484. The minimum absolute atomic E-state index is 0.112. The highest BCUT2D eigenvalue weighted by molar-refractivity contribution is 7.16. The predicted octanol–water partition coefficient (Wildman–Crippen LogP) is 4.63. The number of fused-ring (bicyclic) bond motifs is 3. The van der Waals surface area contributed by atoms with Crippen LogP contribution in [0.25, 0.3) is 0 Å². The summed E-state index contributed by atoms with van der Waals surface area (Å²) in [6.07, 6.45) is 6.19. The van der Waals surface area contributed by atoms with Crippen LogP contribution in [0.5, 0.6) is 6.01 Å². The molecule has 7 heterocycles. The summed E-state index contributed by atoms with van der Waals surface area (Å²) in [5.41, 5.74) is 6.92. The lowest BCUT2D eigenvalue weighted by molar-refractivity contribution is 0.0277. The highest BCUT2D eigenvalue weighted by Crippen LogP contribution is 2.51. The number of aromatic nitrogens is 2. The second kappa shape index (κ2) is 10.8. The molecule has 2 aromatic heterocycles. The van der Waals surface area contributed by atoms with Crippen molar-refractivity contribution < 1.29 is 18.7 Å². The number of rotatable bonds is 5. The smallest absolute Gasteiger partial charge is 0.410 e. The van der Waals surface area contributed by atoms with Crippen molar-refractivity contribution in [2.75, 3.05) is 68.0 Å². The van der Waals surface area contributed by atoms with E-state index in [1.165, 1.54) is 4.88 Å². The molecule has 6 aliphatic rings. The van der Waals surface area contributed by atoms with Gasteiger partial charge in [-0.2, -0.15) is 15.2 Å². The number of nitrogen functional groups attached to an aromatic ring is 1. The van der Waals surface area contributed by atoms with Crippen LogP contribution in [0.15, 0.2) is 6.07 Å². The molecule has 0 saturated carbocycles. The summed E-state index contributed by atoms with van der Waals surface area (Å²) in [7, 11) is 0. The molecule has 1 unspecified atom stereocenters. The third-order valence-electron chi connectivity index (χ3n) is 11.6. The number of anilines is 3. The summed E-state index contributed by atoms with van der Waals surface area (Å²) < 4.78 is 26.7. The molecule has 1 aliphatic carbocycles. The van der Waals surface area contributed by atoms with E-state index in [0.717, 1.165) is 88.3 Å². The SMILES string of the molecule is CC(C)(C)OC(=O)N1CCC2(CCN2c2cc(N3CC4(CCCc5sc(N)c(C#N)c54)C3)nc(OC[C@@]34CCCN3C[C@H](F)C4)n2)C1. The molecule has 0 radical (unpaired) electrons. The fourth-order valence-electron chi connectivity index (χ4n) is 9.29. The Bertz CT molecular complexity index is 1630. The van der Waals surface area contributed by atoms with Crippen molar-refractivity contribution in [1.29, 1.82) is 5.26 Å². The number of carbonyl (C=O) groups is 1. The van der Waals surface area contributed by atoms with Crippen LogP contribution in [0.3, 0.4) is 0 Å². The number of likely N-dealkylation sites (tertiary alicyclic amines) is 1. The minimum Gasteiger partial charge on any atom is -0.461 e. The van der Waals surface area contributed by atoms with Crippen molar-refractivity contribution in [3.05, 3.63) is 22.1 Å². The number of amides is 1. The van der Waals surface area contributed by atoms with E-state index in [2.05, 4.69) is 26.8 Å². The number of alkyl halides is 1. The first-order valence-electron chi connectivity index (χ1n) is 17.1. The number of carbonyl (C=O) groups excluding carboxylic acids is 1. The molecule has 11 nitrogen and oxygen atoms in total. The molecule has 0 aromatic carbocycles. The highest BCUT2D eigenvalue weighted by Gasteiger charge is 2.54. The number of hydrogen-bond donors (Lipinski definition) is 1. The Morgan fingerprint density at radius 1 is 1.13 bits per heavy atom. The van der Waals surface area contributed by atoms with Gasteiger partial charge < -0.3 is 29.9 Å². The van der Waals surface area contributed by atoms with E-state index in [1.54, 1.807) is 11.3 Å². The van der Waals surface area contributed by atoms with Crippen molar-refractivity contribution in [3.63, 3.8) is 0 Å².